The van der Waals surface area contributed by atoms with Crippen molar-refractivity contribution in [1.29, 1.82) is 0 Å². The van der Waals surface area contributed by atoms with Crippen LogP contribution in [0.25, 0.3) is 11.3 Å². The number of hydrogen-bond donors (Lipinski definition) is 2. The highest BCUT2D eigenvalue weighted by molar-refractivity contribution is 7.92. The van der Waals surface area contributed by atoms with E-state index in [-0.39, 0.29) is 41.2 Å². The van der Waals surface area contributed by atoms with Crippen LogP contribution in [-0.4, -0.2) is 42.0 Å². The first-order chi connectivity index (χ1) is 16.8. The molecule has 192 valence electrons. The van der Waals surface area contributed by atoms with Gasteiger partial charge in [0.05, 0.1) is 17.7 Å². The number of carboxylic acid groups (broad SMARTS) is 1. The molecule has 0 aliphatic carbocycles. The van der Waals surface area contributed by atoms with Crippen LogP contribution in [0.4, 0.5) is 24.8 Å². The number of nitrogens with one attached hydrogen (secondary N) is 1. The number of sulfonamides is 1. The van der Waals surface area contributed by atoms with E-state index in [1.165, 1.54) is 18.2 Å². The summed E-state index contributed by atoms with van der Waals surface area (Å²) >= 11 is 0. The van der Waals surface area contributed by atoms with Crippen molar-refractivity contribution < 1.29 is 31.5 Å². The number of carboxylic acids is 1. The van der Waals surface area contributed by atoms with Crippen molar-refractivity contribution in [2.45, 2.75) is 44.4 Å². The van der Waals surface area contributed by atoms with E-state index in [1.807, 2.05) is 13.8 Å². The highest BCUT2D eigenvalue weighted by atomic mass is 32.2. The average molecular weight is 523 g/mol. The van der Waals surface area contributed by atoms with Gasteiger partial charge in [0.2, 0.25) is 0 Å². The number of aromatic nitrogens is 2. The molecule has 0 radical (unpaired) electrons. The van der Waals surface area contributed by atoms with Crippen LogP contribution in [0.5, 0.6) is 0 Å². The van der Waals surface area contributed by atoms with Crippen LogP contribution in [0.15, 0.2) is 59.6 Å². The summed E-state index contributed by atoms with van der Waals surface area (Å²) in [7, 11) is -4.33. The molecular formula is C24H25F3N4O4S. The number of halogens is 3. The standard InChI is InChI=1S/C24H25F3N4O4S/c1-15(2)31(14-13-22(32)33)20-9-6-10-21(29-20)36(34,35)30-19-12-11-18(24(25,26)27)23(28-19)17-8-5-4-7-16(17)3/h4-12,15H,13-14H2,1-3H3,(H,28,30)(H,32,33). The molecule has 2 aromatic heterocycles. The van der Waals surface area contributed by atoms with E-state index in [0.29, 0.717) is 5.56 Å². The molecule has 0 saturated carbocycles. The number of nitrogens with zero attached hydrogens (tertiary/aromatic N) is 3. The van der Waals surface area contributed by atoms with Crippen LogP contribution in [0, 0.1) is 6.92 Å². The van der Waals surface area contributed by atoms with Gasteiger partial charge in [0, 0.05) is 18.2 Å². The van der Waals surface area contributed by atoms with Gasteiger partial charge in [-0.2, -0.15) is 21.6 Å². The highest BCUT2D eigenvalue weighted by Crippen LogP contribution is 2.38. The minimum atomic E-state index is -4.70. The maximum absolute atomic E-state index is 13.7. The molecular weight excluding hydrogens is 497 g/mol. The predicted molar refractivity (Wildman–Crippen MR) is 129 cm³/mol. The van der Waals surface area contributed by atoms with Crippen LogP contribution in [0.3, 0.4) is 0 Å². The molecule has 0 amide bonds. The first-order valence-electron chi connectivity index (χ1n) is 10.9. The molecule has 12 heteroatoms. The fourth-order valence-corrected chi connectivity index (χ4v) is 4.51. The quantitative estimate of drug-likeness (QED) is 0.408. The molecule has 3 aromatic rings. The van der Waals surface area contributed by atoms with E-state index in [1.54, 1.807) is 36.1 Å². The third kappa shape index (κ3) is 6.30. The SMILES string of the molecule is Cc1ccccc1-c1nc(NS(=O)(=O)c2cccc(N(CCC(=O)O)C(C)C)n2)ccc1C(F)(F)F. The fraction of sp³-hybridized carbons (Fsp3) is 0.292. The Hall–Kier alpha value is -3.67. The van der Waals surface area contributed by atoms with Gasteiger partial charge < -0.3 is 10.0 Å². The predicted octanol–water partition coefficient (Wildman–Crippen LogP) is 4.96. The third-order valence-corrected chi connectivity index (χ3v) is 6.56. The largest absolute Gasteiger partial charge is 0.481 e. The number of hydrogen-bond acceptors (Lipinski definition) is 6. The van der Waals surface area contributed by atoms with E-state index < -0.39 is 33.4 Å². The van der Waals surface area contributed by atoms with Crippen molar-refractivity contribution in [2.24, 2.45) is 0 Å². The maximum atomic E-state index is 13.7. The second kappa shape index (κ2) is 10.5. The molecule has 1 aromatic carbocycles. The number of pyridine rings is 2. The number of alkyl halides is 3. The Bertz CT molecular complexity index is 1360. The normalized spacial score (nSPS) is 12.0. The summed E-state index contributed by atoms with van der Waals surface area (Å²) in [5, 5.41) is 8.61. The van der Waals surface area contributed by atoms with E-state index in [0.717, 1.165) is 12.1 Å². The van der Waals surface area contributed by atoms with Crippen molar-refractivity contribution in [3.63, 3.8) is 0 Å². The zero-order valence-corrected chi connectivity index (χ0v) is 20.6. The molecule has 8 nitrogen and oxygen atoms in total. The maximum Gasteiger partial charge on any atom is 0.418 e. The molecule has 0 fully saturated rings. The minimum Gasteiger partial charge on any atom is -0.481 e. The number of anilines is 2. The van der Waals surface area contributed by atoms with Crippen molar-refractivity contribution in [3.05, 3.63) is 65.7 Å². The van der Waals surface area contributed by atoms with Gasteiger partial charge in [0.1, 0.15) is 11.6 Å². The van der Waals surface area contributed by atoms with Crippen molar-refractivity contribution in [2.75, 3.05) is 16.2 Å². The summed E-state index contributed by atoms with van der Waals surface area (Å²) in [5.41, 5.74) is -0.634. The topological polar surface area (TPSA) is 112 Å². The Morgan fingerprint density at radius 2 is 1.75 bits per heavy atom. The number of rotatable bonds is 9. The molecule has 0 saturated heterocycles. The van der Waals surface area contributed by atoms with E-state index in [4.69, 9.17) is 5.11 Å². The molecule has 36 heavy (non-hydrogen) atoms. The zero-order chi connectivity index (χ0) is 26.7. The Balaban J connectivity index is 1.99. The summed E-state index contributed by atoms with van der Waals surface area (Å²) in [4.78, 5) is 20.8. The fourth-order valence-electron chi connectivity index (χ4n) is 3.55. The van der Waals surface area contributed by atoms with Crippen LogP contribution in [-0.2, 0) is 21.0 Å². The van der Waals surface area contributed by atoms with Crippen LogP contribution in [0.1, 0.15) is 31.4 Å². The lowest BCUT2D eigenvalue weighted by Crippen LogP contribution is -2.34. The number of carbonyl (C=O) groups is 1. The summed E-state index contributed by atoms with van der Waals surface area (Å²) in [5.74, 6) is -1.07. The lowest BCUT2D eigenvalue weighted by atomic mass is 10.0. The smallest absolute Gasteiger partial charge is 0.418 e. The number of aryl methyl sites for hydroxylation is 1. The lowest BCUT2D eigenvalue weighted by Gasteiger charge is -2.27. The third-order valence-electron chi connectivity index (χ3n) is 5.31. The van der Waals surface area contributed by atoms with Gasteiger partial charge in [-0.3, -0.25) is 9.52 Å². The Kier molecular flexibility index (Phi) is 7.87. The minimum absolute atomic E-state index is 0.108. The van der Waals surface area contributed by atoms with Gasteiger partial charge in [-0.1, -0.05) is 30.3 Å². The average Bonchev–Trinajstić information content (AvgIpc) is 2.78. The highest BCUT2D eigenvalue weighted by Gasteiger charge is 2.35. The molecule has 0 aliphatic heterocycles. The molecule has 0 atom stereocenters. The second-order valence-corrected chi connectivity index (χ2v) is 9.91. The Labute approximate surface area is 206 Å². The summed E-state index contributed by atoms with van der Waals surface area (Å²) in [6.07, 6.45) is -4.87. The molecule has 0 aliphatic rings. The molecule has 2 heterocycles. The number of aliphatic carboxylic acids is 1. The van der Waals surface area contributed by atoms with Crippen LogP contribution < -0.4 is 9.62 Å². The molecule has 0 unspecified atom stereocenters. The van der Waals surface area contributed by atoms with Gasteiger partial charge >= 0.3 is 12.1 Å². The lowest BCUT2D eigenvalue weighted by molar-refractivity contribution is -0.138. The van der Waals surface area contributed by atoms with Crippen LogP contribution in [0.2, 0.25) is 0 Å². The molecule has 3 rings (SSSR count). The Morgan fingerprint density at radius 1 is 1.06 bits per heavy atom. The molecule has 2 N–H and O–H groups in total. The number of benzene rings is 1. The monoisotopic (exact) mass is 522 g/mol. The van der Waals surface area contributed by atoms with Gasteiger partial charge in [-0.25, -0.2) is 9.97 Å². The van der Waals surface area contributed by atoms with Crippen molar-refractivity contribution >= 4 is 27.6 Å². The summed E-state index contributed by atoms with van der Waals surface area (Å²) < 4.78 is 69.3. The van der Waals surface area contributed by atoms with Gasteiger partial charge in [0.25, 0.3) is 10.0 Å². The van der Waals surface area contributed by atoms with E-state index in [2.05, 4.69) is 14.7 Å². The van der Waals surface area contributed by atoms with Crippen molar-refractivity contribution in [1.82, 2.24) is 9.97 Å². The first-order valence-corrected chi connectivity index (χ1v) is 12.4. The van der Waals surface area contributed by atoms with E-state index in [9.17, 15) is 26.4 Å². The molecule has 0 spiro atoms. The molecule has 0 bridgehead atoms. The zero-order valence-electron chi connectivity index (χ0n) is 19.7. The summed E-state index contributed by atoms with van der Waals surface area (Å²) in [6, 6.07) is 12.1. The van der Waals surface area contributed by atoms with Crippen molar-refractivity contribution in [3.8, 4) is 11.3 Å². The van der Waals surface area contributed by atoms with E-state index >= 15 is 0 Å². The Morgan fingerprint density at radius 3 is 2.36 bits per heavy atom. The summed E-state index contributed by atoms with van der Waals surface area (Å²) in [6.45, 7) is 5.36. The van der Waals surface area contributed by atoms with Gasteiger partial charge in [-0.05, 0) is 50.6 Å². The first kappa shape index (κ1) is 26.9. The second-order valence-electron chi connectivity index (χ2n) is 8.28. The van der Waals surface area contributed by atoms with Gasteiger partial charge in [-0.15, -0.1) is 0 Å². The van der Waals surface area contributed by atoms with Gasteiger partial charge in [0.15, 0.2) is 5.03 Å². The van der Waals surface area contributed by atoms with Crippen LogP contribution >= 0.6 is 0 Å².